The van der Waals surface area contributed by atoms with Crippen molar-refractivity contribution < 1.29 is 13.7 Å². The van der Waals surface area contributed by atoms with Gasteiger partial charge in [0.2, 0.25) is 11.4 Å². The third kappa shape index (κ3) is 1.87. The normalized spacial score (nSPS) is 12.0. The molecule has 4 nitrogen and oxygen atoms in total. The molecule has 3 aromatic carbocycles. The van der Waals surface area contributed by atoms with Gasteiger partial charge in [-0.15, -0.1) is 0 Å². The molecule has 27 heavy (non-hydrogen) atoms. The predicted molar refractivity (Wildman–Crippen MR) is 105 cm³/mol. The zero-order chi connectivity index (χ0) is 18.1. The van der Waals surface area contributed by atoms with Gasteiger partial charge in [-0.2, -0.15) is 0 Å². The van der Waals surface area contributed by atoms with E-state index >= 15 is 0 Å². The summed E-state index contributed by atoms with van der Waals surface area (Å²) in [5.74, 6) is -0.161. The van der Waals surface area contributed by atoms with Crippen LogP contribution in [0.4, 0.5) is 0 Å². The highest BCUT2D eigenvalue weighted by molar-refractivity contribution is 6.30. The number of hydrogen-bond donors (Lipinski definition) is 0. The maximum atomic E-state index is 13.0. The third-order valence-electron chi connectivity index (χ3n) is 5.23. The summed E-state index contributed by atoms with van der Waals surface area (Å²) in [6, 6.07) is 19.8. The van der Waals surface area contributed by atoms with Crippen LogP contribution in [0.5, 0.6) is 0 Å². The molecule has 128 valence electrons. The van der Waals surface area contributed by atoms with Gasteiger partial charge in [0.05, 0.1) is 0 Å². The molecule has 0 unspecified atom stereocenters. The van der Waals surface area contributed by atoms with Gasteiger partial charge in [0.1, 0.15) is 11.0 Å². The van der Waals surface area contributed by atoms with E-state index in [0.29, 0.717) is 33.4 Å². The number of ketones is 1. The molecule has 0 atom stereocenters. The molecule has 0 amide bonds. The molecule has 0 aliphatic carbocycles. The lowest BCUT2D eigenvalue weighted by Gasteiger charge is -2.00. The second-order valence-electron chi connectivity index (χ2n) is 6.94. The highest BCUT2D eigenvalue weighted by Crippen LogP contribution is 2.43. The van der Waals surface area contributed by atoms with Crippen molar-refractivity contribution in [3.05, 3.63) is 77.5 Å². The summed E-state index contributed by atoms with van der Waals surface area (Å²) in [5, 5.41) is 8.99. The van der Waals surface area contributed by atoms with E-state index in [-0.39, 0.29) is 5.78 Å². The van der Waals surface area contributed by atoms with E-state index < -0.39 is 0 Å². The van der Waals surface area contributed by atoms with Crippen LogP contribution >= 0.6 is 0 Å². The summed E-state index contributed by atoms with van der Waals surface area (Å²) in [6.45, 7) is 1.99. The molecule has 6 rings (SSSR count). The van der Waals surface area contributed by atoms with Gasteiger partial charge in [-0.3, -0.25) is 4.79 Å². The Labute approximate surface area is 153 Å². The average molecular weight is 351 g/mol. The van der Waals surface area contributed by atoms with Crippen molar-refractivity contribution in [1.29, 1.82) is 0 Å². The van der Waals surface area contributed by atoms with Crippen molar-refractivity contribution in [2.75, 3.05) is 0 Å². The van der Waals surface area contributed by atoms with Gasteiger partial charge in [-0.1, -0.05) is 59.3 Å². The maximum Gasteiger partial charge on any atom is 0.215 e. The number of rotatable bonds is 2. The number of aromatic nitrogens is 1. The van der Waals surface area contributed by atoms with Gasteiger partial charge in [0, 0.05) is 16.3 Å². The van der Waals surface area contributed by atoms with Gasteiger partial charge in [0.15, 0.2) is 11.3 Å². The first-order valence-corrected chi connectivity index (χ1v) is 8.78. The van der Waals surface area contributed by atoms with Gasteiger partial charge in [-0.25, -0.2) is 0 Å². The predicted octanol–water partition coefficient (Wildman–Crippen LogP) is 5.86. The molecule has 4 heteroatoms. The van der Waals surface area contributed by atoms with Crippen molar-refractivity contribution in [2.24, 2.45) is 0 Å². The molecule has 6 aromatic rings. The average Bonchev–Trinajstić information content (AvgIpc) is 3.37. The molecule has 0 aliphatic heterocycles. The molecule has 0 N–H and O–H groups in total. The number of nitrogens with zero attached hydrogens (tertiary/aromatic N) is 1. The Hall–Kier alpha value is -3.66. The first-order chi connectivity index (χ1) is 13.2. The minimum absolute atomic E-state index is 0.161. The minimum Gasteiger partial charge on any atom is -0.451 e. The molecular formula is C23H13NO3. The van der Waals surface area contributed by atoms with E-state index in [9.17, 15) is 4.79 Å². The van der Waals surface area contributed by atoms with Crippen LogP contribution in [-0.4, -0.2) is 10.9 Å². The Morgan fingerprint density at radius 2 is 1.52 bits per heavy atom. The summed E-state index contributed by atoms with van der Waals surface area (Å²) in [5.41, 5.74) is 3.85. The number of carbonyl (C=O) groups excluding carboxylic acids is 1. The zero-order valence-electron chi connectivity index (χ0n) is 14.4. The van der Waals surface area contributed by atoms with Crippen LogP contribution in [0.3, 0.4) is 0 Å². The Bertz CT molecular complexity index is 1490. The van der Waals surface area contributed by atoms with Crippen molar-refractivity contribution in [3.8, 4) is 0 Å². The third-order valence-corrected chi connectivity index (χ3v) is 5.23. The quantitative estimate of drug-likeness (QED) is 0.290. The number of carbonyl (C=O) groups is 1. The van der Waals surface area contributed by atoms with E-state index in [4.69, 9.17) is 8.94 Å². The molecule has 0 aliphatic rings. The van der Waals surface area contributed by atoms with Crippen molar-refractivity contribution in [3.63, 3.8) is 0 Å². The van der Waals surface area contributed by atoms with Crippen molar-refractivity contribution in [2.45, 2.75) is 6.92 Å². The molecule has 0 fully saturated rings. The van der Waals surface area contributed by atoms with Gasteiger partial charge in [-0.05, 0) is 29.8 Å². The molecule has 0 spiro atoms. The molecule has 3 aromatic heterocycles. The first kappa shape index (κ1) is 14.5. The van der Waals surface area contributed by atoms with Crippen LogP contribution in [0.1, 0.15) is 21.6 Å². The van der Waals surface area contributed by atoms with Crippen molar-refractivity contribution >= 4 is 49.5 Å². The van der Waals surface area contributed by atoms with E-state index in [1.807, 2.05) is 43.3 Å². The summed E-state index contributed by atoms with van der Waals surface area (Å²) in [7, 11) is 0. The van der Waals surface area contributed by atoms with Gasteiger partial charge < -0.3 is 8.94 Å². The van der Waals surface area contributed by atoms with Gasteiger partial charge in [0.25, 0.3) is 0 Å². The number of furan rings is 2. The van der Waals surface area contributed by atoms with Crippen LogP contribution in [0, 0.1) is 6.92 Å². The summed E-state index contributed by atoms with van der Waals surface area (Å²) in [6.07, 6.45) is 0. The van der Waals surface area contributed by atoms with Crippen LogP contribution in [0.2, 0.25) is 0 Å². The number of aryl methyl sites for hydroxylation is 1. The standard InChI is InChI=1S/C23H13NO3/c1-12-6-8-13(9-7-12)20(25)19-18-21-16-10-14-4-2-3-5-15(14)11-17(16)22(26-21)23(18)27-24-19/h2-11H,1H3. The monoisotopic (exact) mass is 351 g/mol. The number of hydrogen-bond acceptors (Lipinski definition) is 4. The lowest BCUT2D eigenvalue weighted by molar-refractivity contribution is 0.103. The highest BCUT2D eigenvalue weighted by Gasteiger charge is 2.28. The smallest absolute Gasteiger partial charge is 0.215 e. The molecular weight excluding hydrogens is 338 g/mol. The topological polar surface area (TPSA) is 56.2 Å². The minimum atomic E-state index is -0.161. The summed E-state index contributed by atoms with van der Waals surface area (Å²) in [4.78, 5) is 13.0. The fraction of sp³-hybridized carbons (Fsp3) is 0.0435. The maximum absolute atomic E-state index is 13.0. The molecule has 0 saturated heterocycles. The summed E-state index contributed by atoms with van der Waals surface area (Å²) >= 11 is 0. The Kier molecular flexibility index (Phi) is 2.66. The van der Waals surface area contributed by atoms with Crippen LogP contribution in [0.15, 0.2) is 69.6 Å². The second-order valence-corrected chi connectivity index (χ2v) is 6.94. The molecule has 3 heterocycles. The van der Waals surface area contributed by atoms with Gasteiger partial charge >= 0.3 is 0 Å². The fourth-order valence-electron chi connectivity index (χ4n) is 3.83. The van der Waals surface area contributed by atoms with Crippen LogP contribution in [0.25, 0.3) is 43.7 Å². The van der Waals surface area contributed by atoms with E-state index in [2.05, 4.69) is 29.4 Å². The first-order valence-electron chi connectivity index (χ1n) is 8.78. The van der Waals surface area contributed by atoms with Crippen LogP contribution < -0.4 is 0 Å². The molecule has 2 bridgehead atoms. The van der Waals surface area contributed by atoms with E-state index in [0.717, 1.165) is 27.1 Å². The second kappa shape index (κ2) is 4.95. The Morgan fingerprint density at radius 3 is 2.22 bits per heavy atom. The lowest BCUT2D eigenvalue weighted by Crippen LogP contribution is -2.02. The molecule has 0 saturated carbocycles. The SMILES string of the molecule is Cc1ccc(C(=O)c2noc3c4oc(c5cc6ccccc6cc54)c23)cc1. The van der Waals surface area contributed by atoms with Crippen LogP contribution in [-0.2, 0) is 0 Å². The molecule has 0 radical (unpaired) electrons. The highest BCUT2D eigenvalue weighted by atomic mass is 16.5. The largest absolute Gasteiger partial charge is 0.451 e. The number of benzene rings is 4. The van der Waals surface area contributed by atoms with Crippen molar-refractivity contribution in [1.82, 2.24) is 5.16 Å². The van der Waals surface area contributed by atoms with E-state index in [1.165, 1.54) is 0 Å². The number of fused-ring (bicyclic) bond motifs is 9. The zero-order valence-corrected chi connectivity index (χ0v) is 14.4. The summed E-state index contributed by atoms with van der Waals surface area (Å²) < 4.78 is 11.5. The Balaban J connectivity index is 1.64. The fourth-order valence-corrected chi connectivity index (χ4v) is 3.83. The van der Waals surface area contributed by atoms with E-state index in [1.54, 1.807) is 0 Å². The Morgan fingerprint density at radius 1 is 0.852 bits per heavy atom. The lowest BCUT2D eigenvalue weighted by atomic mass is 9.99.